The summed E-state index contributed by atoms with van der Waals surface area (Å²) in [5.74, 6) is 0.537. The van der Waals surface area contributed by atoms with Crippen LogP contribution in [0.15, 0.2) is 48.5 Å². The van der Waals surface area contributed by atoms with Crippen molar-refractivity contribution >= 4 is 0 Å². The molecule has 0 heterocycles. The number of hydrogen-bond donors (Lipinski definition) is 0. The van der Waals surface area contributed by atoms with E-state index < -0.39 is 0 Å². The molecule has 2 aromatic rings. The maximum absolute atomic E-state index is 2.24. The molecule has 0 fully saturated rings. The van der Waals surface area contributed by atoms with Crippen LogP contribution in [-0.2, 0) is 21.7 Å². The number of halogens is 2. The zero-order chi connectivity index (χ0) is 8.39. The molecular weight excluding hydrogens is 263 g/mol. The molecule has 0 amide bonds. The topological polar surface area (TPSA) is 0 Å². The first-order valence-corrected chi connectivity index (χ1v) is 4.31. The summed E-state index contributed by atoms with van der Waals surface area (Å²) in [5.41, 5.74) is 2.81. The van der Waals surface area contributed by atoms with Gasteiger partial charge in [-0.3, -0.25) is 0 Å². The van der Waals surface area contributed by atoms with Crippen molar-refractivity contribution < 1.29 is 46.5 Å². The van der Waals surface area contributed by atoms with E-state index >= 15 is 0 Å². The van der Waals surface area contributed by atoms with Crippen LogP contribution in [0, 0.1) is 0 Å². The van der Waals surface area contributed by atoms with E-state index in [0.717, 1.165) is 0 Å². The van der Waals surface area contributed by atoms with Gasteiger partial charge in [0.05, 0.1) is 0 Å². The Morgan fingerprint density at radius 2 is 1.33 bits per heavy atom. The van der Waals surface area contributed by atoms with E-state index in [1.807, 2.05) is 0 Å². The van der Waals surface area contributed by atoms with E-state index in [2.05, 4.69) is 55.5 Å². The molecule has 2 rings (SSSR count). The second-order valence-electron chi connectivity index (χ2n) is 3.16. The van der Waals surface area contributed by atoms with Crippen LogP contribution in [0.2, 0.25) is 0 Å². The van der Waals surface area contributed by atoms with Gasteiger partial charge in [-0.15, -0.1) is 5.92 Å². The van der Waals surface area contributed by atoms with Crippen LogP contribution in [0.5, 0.6) is 0 Å². The minimum absolute atomic E-state index is 0. The maximum Gasteiger partial charge on any atom is 4.00 e. The standard InChI is InChI=1S/C12H12.2ClH.Ti/c1-10(11-6-2-3-7-11)12-8-4-5-9-12;;;/h2-10H,1H3;2*1H;/q-2;;;+4/p-2. The van der Waals surface area contributed by atoms with E-state index in [1.165, 1.54) is 11.1 Å². The zero-order valence-electron chi connectivity index (χ0n) is 8.45. The van der Waals surface area contributed by atoms with Crippen LogP contribution < -0.4 is 24.8 Å². The molecule has 0 saturated heterocycles. The van der Waals surface area contributed by atoms with Crippen LogP contribution in [0.1, 0.15) is 24.0 Å². The van der Waals surface area contributed by atoms with Gasteiger partial charge in [-0.1, -0.05) is 6.92 Å². The smallest absolute Gasteiger partial charge is 1.00 e. The molecule has 0 nitrogen and oxygen atoms in total. The van der Waals surface area contributed by atoms with E-state index in [1.54, 1.807) is 0 Å². The summed E-state index contributed by atoms with van der Waals surface area (Å²) in [4.78, 5) is 0. The van der Waals surface area contributed by atoms with Gasteiger partial charge in [-0.05, 0) is 0 Å². The Kier molecular flexibility index (Phi) is 9.49. The first-order chi connectivity index (χ1) is 5.88. The Morgan fingerprint density at radius 1 is 0.933 bits per heavy atom. The molecule has 15 heavy (non-hydrogen) atoms. The van der Waals surface area contributed by atoms with Crippen molar-refractivity contribution in [1.82, 2.24) is 0 Å². The van der Waals surface area contributed by atoms with Crippen LogP contribution in [-0.4, -0.2) is 0 Å². The molecule has 0 aliphatic heterocycles. The van der Waals surface area contributed by atoms with Gasteiger partial charge in [-0.2, -0.15) is 36.4 Å². The minimum atomic E-state index is 0. The van der Waals surface area contributed by atoms with Crippen molar-refractivity contribution in [1.29, 1.82) is 0 Å². The largest absolute Gasteiger partial charge is 4.00 e. The summed E-state index contributed by atoms with van der Waals surface area (Å²) in [5, 5.41) is 0. The normalized spacial score (nSPS) is 8.67. The predicted molar refractivity (Wildman–Crippen MR) is 51.6 cm³/mol. The second-order valence-corrected chi connectivity index (χ2v) is 3.16. The molecular formula is C12H12Cl2Ti. The van der Waals surface area contributed by atoms with Gasteiger partial charge in [0.2, 0.25) is 0 Å². The molecule has 0 atom stereocenters. The van der Waals surface area contributed by atoms with Crippen molar-refractivity contribution in [3.05, 3.63) is 59.7 Å². The fourth-order valence-corrected chi connectivity index (χ4v) is 1.55. The van der Waals surface area contributed by atoms with Crippen LogP contribution >= 0.6 is 0 Å². The van der Waals surface area contributed by atoms with Crippen molar-refractivity contribution in [2.75, 3.05) is 0 Å². The van der Waals surface area contributed by atoms with Crippen molar-refractivity contribution in [2.24, 2.45) is 0 Å². The molecule has 0 unspecified atom stereocenters. The van der Waals surface area contributed by atoms with Gasteiger partial charge in [0.1, 0.15) is 0 Å². The fraction of sp³-hybridized carbons (Fsp3) is 0.167. The van der Waals surface area contributed by atoms with Crippen LogP contribution in [0.4, 0.5) is 0 Å². The monoisotopic (exact) mass is 274 g/mol. The zero-order valence-corrected chi connectivity index (χ0v) is 11.5. The van der Waals surface area contributed by atoms with Gasteiger partial charge in [0.25, 0.3) is 0 Å². The van der Waals surface area contributed by atoms with Gasteiger partial charge in [0.15, 0.2) is 0 Å². The van der Waals surface area contributed by atoms with Crippen molar-refractivity contribution in [3.8, 4) is 0 Å². The number of rotatable bonds is 2. The van der Waals surface area contributed by atoms with Gasteiger partial charge >= 0.3 is 21.7 Å². The van der Waals surface area contributed by atoms with Crippen LogP contribution in [0.3, 0.4) is 0 Å². The maximum atomic E-state index is 2.24. The van der Waals surface area contributed by atoms with Gasteiger partial charge in [-0.25, -0.2) is 23.3 Å². The average molecular weight is 275 g/mol. The molecule has 0 bridgehead atoms. The van der Waals surface area contributed by atoms with Crippen molar-refractivity contribution in [2.45, 2.75) is 12.8 Å². The summed E-state index contributed by atoms with van der Waals surface area (Å²) in [6.45, 7) is 2.24. The predicted octanol–water partition coefficient (Wildman–Crippen LogP) is -2.72. The molecule has 0 aliphatic carbocycles. The molecule has 78 valence electrons. The third kappa shape index (κ3) is 4.16. The van der Waals surface area contributed by atoms with Gasteiger partial charge in [0, 0.05) is 0 Å². The fourth-order valence-electron chi connectivity index (χ4n) is 1.55. The molecule has 0 radical (unpaired) electrons. The Balaban J connectivity index is 0. The summed E-state index contributed by atoms with van der Waals surface area (Å²) in [7, 11) is 0. The van der Waals surface area contributed by atoms with E-state index in [9.17, 15) is 0 Å². The van der Waals surface area contributed by atoms with E-state index in [-0.39, 0.29) is 46.5 Å². The first kappa shape index (κ1) is 17.4. The molecule has 0 N–H and O–H groups in total. The Labute approximate surface area is 119 Å². The molecule has 0 saturated carbocycles. The summed E-state index contributed by atoms with van der Waals surface area (Å²) < 4.78 is 0. The average Bonchev–Trinajstić information content (AvgIpc) is 2.77. The number of hydrogen-bond acceptors (Lipinski definition) is 0. The van der Waals surface area contributed by atoms with Crippen LogP contribution in [0.25, 0.3) is 0 Å². The molecule has 0 aliphatic rings. The Morgan fingerprint density at radius 3 is 1.60 bits per heavy atom. The summed E-state index contributed by atoms with van der Waals surface area (Å²) >= 11 is 0. The molecule has 0 spiro atoms. The van der Waals surface area contributed by atoms with Gasteiger partial charge < -0.3 is 24.8 Å². The third-order valence-electron chi connectivity index (χ3n) is 2.38. The molecule has 2 aromatic carbocycles. The van der Waals surface area contributed by atoms with E-state index in [4.69, 9.17) is 0 Å². The van der Waals surface area contributed by atoms with E-state index in [0.29, 0.717) is 5.92 Å². The SMILES string of the molecule is CC(c1cc[cH-]c1)c1cc[cH-]c1.[Cl-].[Cl-].[Ti+4]. The quantitative estimate of drug-likeness (QED) is 0.413. The Hall–Kier alpha value is -0.00571. The summed E-state index contributed by atoms with van der Waals surface area (Å²) in [6.07, 6.45) is 0. The Bertz CT molecular complexity index is 290. The molecule has 3 heteroatoms. The molecule has 0 aromatic heterocycles. The first-order valence-electron chi connectivity index (χ1n) is 4.31. The minimum Gasteiger partial charge on any atom is -1.00 e. The second kappa shape index (κ2) is 8.18. The third-order valence-corrected chi connectivity index (χ3v) is 2.38. The summed E-state index contributed by atoms with van der Waals surface area (Å²) in [6, 6.07) is 17.1. The van der Waals surface area contributed by atoms with Crippen molar-refractivity contribution in [3.63, 3.8) is 0 Å².